The van der Waals surface area contributed by atoms with Gasteiger partial charge in [0.15, 0.2) is 0 Å². The van der Waals surface area contributed by atoms with E-state index in [9.17, 15) is 4.79 Å². The summed E-state index contributed by atoms with van der Waals surface area (Å²) in [5.41, 5.74) is 0. The van der Waals surface area contributed by atoms with Crippen LogP contribution in [0.3, 0.4) is 0 Å². The Morgan fingerprint density at radius 2 is 2.09 bits per heavy atom. The topological polar surface area (TPSA) is 42.0 Å². The monoisotopic (exact) mass is 326 g/mol. The van der Waals surface area contributed by atoms with Crippen LogP contribution < -0.4 is 0 Å². The molecule has 134 valence electrons. The molecule has 23 heavy (non-hydrogen) atoms. The SMILES string of the molecule is CCCCOC(C)C(=O)N(C)C1CCN(CC2CCOC2)CC1. The third kappa shape index (κ3) is 5.73. The van der Waals surface area contributed by atoms with Crippen LogP contribution in [0.25, 0.3) is 0 Å². The van der Waals surface area contributed by atoms with Gasteiger partial charge in [0, 0.05) is 45.9 Å². The minimum atomic E-state index is -0.319. The van der Waals surface area contributed by atoms with Crippen LogP contribution in [0, 0.1) is 5.92 Å². The molecule has 0 aromatic rings. The van der Waals surface area contributed by atoms with E-state index in [-0.39, 0.29) is 12.0 Å². The van der Waals surface area contributed by atoms with E-state index in [0.717, 1.165) is 58.5 Å². The first kappa shape index (κ1) is 18.7. The summed E-state index contributed by atoms with van der Waals surface area (Å²) in [7, 11) is 1.94. The highest BCUT2D eigenvalue weighted by Gasteiger charge is 2.29. The summed E-state index contributed by atoms with van der Waals surface area (Å²) in [4.78, 5) is 16.9. The van der Waals surface area contributed by atoms with Gasteiger partial charge in [-0.05, 0) is 38.5 Å². The maximum atomic E-state index is 12.5. The molecule has 0 radical (unpaired) electrons. The Kier molecular flexibility index (Phi) is 7.80. The molecule has 1 amide bonds. The summed E-state index contributed by atoms with van der Waals surface area (Å²) in [6.07, 6.45) is 5.13. The molecule has 2 unspecified atom stereocenters. The van der Waals surface area contributed by atoms with E-state index in [0.29, 0.717) is 18.6 Å². The Bertz CT molecular complexity index is 350. The highest BCUT2D eigenvalue weighted by atomic mass is 16.5. The van der Waals surface area contributed by atoms with Crippen molar-refractivity contribution in [2.75, 3.05) is 46.5 Å². The Hall–Kier alpha value is -0.650. The largest absolute Gasteiger partial charge is 0.381 e. The number of likely N-dealkylation sites (tertiary alicyclic amines) is 1. The molecule has 2 rings (SSSR count). The van der Waals surface area contributed by atoms with Crippen LogP contribution in [0.2, 0.25) is 0 Å². The van der Waals surface area contributed by atoms with Crippen molar-refractivity contribution in [3.8, 4) is 0 Å². The average Bonchev–Trinajstić information content (AvgIpc) is 3.07. The summed E-state index contributed by atoms with van der Waals surface area (Å²) >= 11 is 0. The zero-order valence-electron chi connectivity index (χ0n) is 15.1. The first-order valence-electron chi connectivity index (χ1n) is 9.30. The average molecular weight is 326 g/mol. The zero-order valence-corrected chi connectivity index (χ0v) is 15.1. The summed E-state index contributed by atoms with van der Waals surface area (Å²) in [5.74, 6) is 0.835. The Labute approximate surface area is 141 Å². The summed E-state index contributed by atoms with van der Waals surface area (Å²) < 4.78 is 11.1. The highest BCUT2D eigenvalue weighted by Crippen LogP contribution is 2.20. The Balaban J connectivity index is 1.69. The molecule has 2 aliphatic heterocycles. The summed E-state index contributed by atoms with van der Waals surface area (Å²) in [6, 6.07) is 0.357. The number of piperidine rings is 1. The predicted octanol–water partition coefficient (Wildman–Crippen LogP) is 2.15. The zero-order chi connectivity index (χ0) is 16.7. The van der Waals surface area contributed by atoms with Crippen molar-refractivity contribution in [3.05, 3.63) is 0 Å². The molecule has 0 aliphatic carbocycles. The van der Waals surface area contributed by atoms with Crippen molar-refractivity contribution < 1.29 is 14.3 Å². The number of carbonyl (C=O) groups excluding carboxylic acids is 1. The van der Waals surface area contributed by atoms with Crippen LogP contribution in [0.1, 0.15) is 46.0 Å². The van der Waals surface area contributed by atoms with Crippen molar-refractivity contribution in [2.24, 2.45) is 5.92 Å². The van der Waals surface area contributed by atoms with Crippen molar-refractivity contribution in [3.63, 3.8) is 0 Å². The van der Waals surface area contributed by atoms with Gasteiger partial charge in [-0.1, -0.05) is 13.3 Å². The van der Waals surface area contributed by atoms with E-state index in [4.69, 9.17) is 9.47 Å². The maximum Gasteiger partial charge on any atom is 0.251 e. The third-order valence-corrected chi connectivity index (χ3v) is 5.21. The van der Waals surface area contributed by atoms with Crippen molar-refractivity contribution >= 4 is 5.91 Å². The van der Waals surface area contributed by atoms with Crippen LogP contribution in [-0.2, 0) is 14.3 Å². The van der Waals surface area contributed by atoms with Crippen molar-refractivity contribution in [1.82, 2.24) is 9.80 Å². The standard InChI is InChI=1S/C18H34N2O3/c1-4-5-11-23-15(2)18(21)19(3)17-6-9-20(10-7-17)13-16-8-12-22-14-16/h15-17H,4-14H2,1-3H3. The van der Waals surface area contributed by atoms with Gasteiger partial charge in [0.1, 0.15) is 6.10 Å². The molecule has 0 spiro atoms. The van der Waals surface area contributed by atoms with Crippen LogP contribution in [0.15, 0.2) is 0 Å². The van der Waals surface area contributed by atoms with Gasteiger partial charge < -0.3 is 19.3 Å². The number of hydrogen-bond donors (Lipinski definition) is 0. The number of likely N-dealkylation sites (N-methyl/N-ethyl adjacent to an activating group) is 1. The highest BCUT2D eigenvalue weighted by molar-refractivity contribution is 5.80. The van der Waals surface area contributed by atoms with E-state index in [1.807, 2.05) is 18.9 Å². The molecule has 0 bridgehead atoms. The van der Waals surface area contributed by atoms with Gasteiger partial charge in [0.2, 0.25) is 0 Å². The molecule has 0 N–H and O–H groups in total. The number of nitrogens with zero attached hydrogens (tertiary/aromatic N) is 2. The van der Waals surface area contributed by atoms with Crippen LogP contribution >= 0.6 is 0 Å². The fraction of sp³-hybridized carbons (Fsp3) is 0.944. The molecule has 5 nitrogen and oxygen atoms in total. The van der Waals surface area contributed by atoms with Crippen molar-refractivity contribution in [2.45, 2.75) is 58.1 Å². The van der Waals surface area contributed by atoms with Crippen LogP contribution in [0.4, 0.5) is 0 Å². The molecule has 2 aliphatic rings. The van der Waals surface area contributed by atoms with Gasteiger partial charge in [-0.2, -0.15) is 0 Å². The Morgan fingerprint density at radius 3 is 2.70 bits per heavy atom. The molecule has 2 fully saturated rings. The molecule has 5 heteroatoms. The lowest BCUT2D eigenvalue weighted by molar-refractivity contribution is -0.144. The second kappa shape index (κ2) is 9.60. The Morgan fingerprint density at radius 1 is 1.35 bits per heavy atom. The lowest BCUT2D eigenvalue weighted by atomic mass is 10.0. The molecular formula is C18H34N2O3. The normalized spacial score (nSPS) is 24.7. The first-order valence-corrected chi connectivity index (χ1v) is 9.30. The van der Waals surface area contributed by atoms with Gasteiger partial charge in [-0.15, -0.1) is 0 Å². The quantitative estimate of drug-likeness (QED) is 0.641. The van der Waals surface area contributed by atoms with Crippen LogP contribution in [0.5, 0.6) is 0 Å². The lowest BCUT2D eigenvalue weighted by Crippen LogP contribution is -2.49. The summed E-state index contributed by atoms with van der Waals surface area (Å²) in [5, 5.41) is 0. The summed E-state index contributed by atoms with van der Waals surface area (Å²) in [6.45, 7) is 9.87. The molecule has 0 aromatic heterocycles. The first-order chi connectivity index (χ1) is 11.1. The van der Waals surface area contributed by atoms with E-state index in [1.165, 1.54) is 6.42 Å². The number of amides is 1. The van der Waals surface area contributed by atoms with E-state index in [1.54, 1.807) is 0 Å². The fourth-order valence-corrected chi connectivity index (χ4v) is 3.52. The van der Waals surface area contributed by atoms with Crippen LogP contribution in [-0.4, -0.2) is 74.4 Å². The van der Waals surface area contributed by atoms with Gasteiger partial charge in [0.05, 0.1) is 6.61 Å². The lowest BCUT2D eigenvalue weighted by Gasteiger charge is -2.38. The number of carbonyl (C=O) groups is 1. The van der Waals surface area contributed by atoms with E-state index < -0.39 is 0 Å². The molecule has 2 atom stereocenters. The molecule has 0 saturated carbocycles. The third-order valence-electron chi connectivity index (χ3n) is 5.21. The molecular weight excluding hydrogens is 292 g/mol. The number of ether oxygens (including phenoxy) is 2. The predicted molar refractivity (Wildman–Crippen MR) is 91.5 cm³/mol. The minimum Gasteiger partial charge on any atom is -0.381 e. The number of hydrogen-bond acceptors (Lipinski definition) is 4. The maximum absolute atomic E-state index is 12.5. The van der Waals surface area contributed by atoms with Gasteiger partial charge in [-0.3, -0.25) is 4.79 Å². The molecule has 2 saturated heterocycles. The molecule has 2 heterocycles. The van der Waals surface area contributed by atoms with E-state index in [2.05, 4.69) is 11.8 Å². The number of rotatable bonds is 8. The van der Waals surface area contributed by atoms with E-state index >= 15 is 0 Å². The van der Waals surface area contributed by atoms with Gasteiger partial charge >= 0.3 is 0 Å². The van der Waals surface area contributed by atoms with Gasteiger partial charge in [-0.25, -0.2) is 0 Å². The smallest absolute Gasteiger partial charge is 0.251 e. The second-order valence-corrected chi connectivity index (χ2v) is 7.08. The molecule has 0 aromatic carbocycles. The van der Waals surface area contributed by atoms with Gasteiger partial charge in [0.25, 0.3) is 5.91 Å². The number of unbranched alkanes of at least 4 members (excludes halogenated alkanes) is 1. The second-order valence-electron chi connectivity index (χ2n) is 7.08. The minimum absolute atomic E-state index is 0.128. The van der Waals surface area contributed by atoms with Crippen molar-refractivity contribution in [1.29, 1.82) is 0 Å². The fourth-order valence-electron chi connectivity index (χ4n) is 3.52.